The van der Waals surface area contributed by atoms with Crippen LogP contribution in [0, 0.1) is 0 Å². The van der Waals surface area contributed by atoms with Crippen molar-refractivity contribution in [2.75, 3.05) is 18.4 Å². The summed E-state index contributed by atoms with van der Waals surface area (Å²) in [5.41, 5.74) is 1.14. The van der Waals surface area contributed by atoms with E-state index in [0.717, 1.165) is 42.9 Å². The van der Waals surface area contributed by atoms with Crippen LogP contribution in [0.25, 0.3) is 10.8 Å². The Morgan fingerprint density at radius 3 is 2.76 bits per heavy atom. The van der Waals surface area contributed by atoms with Gasteiger partial charge in [-0.25, -0.2) is 4.98 Å². The maximum Gasteiger partial charge on any atom is 0.221 e. The average molecular weight is 285 g/mol. The monoisotopic (exact) mass is 285 g/mol. The fourth-order valence-corrected chi connectivity index (χ4v) is 2.78. The Morgan fingerprint density at radius 1 is 1.19 bits per heavy atom. The molecule has 1 aromatic carbocycles. The van der Waals surface area contributed by atoms with Crippen LogP contribution in [0.4, 0.5) is 5.69 Å². The van der Waals surface area contributed by atoms with Crippen LogP contribution in [0.15, 0.2) is 30.5 Å². The molecule has 0 radical (unpaired) electrons. The fourth-order valence-electron chi connectivity index (χ4n) is 2.78. The van der Waals surface area contributed by atoms with Crippen LogP contribution in [0.5, 0.6) is 5.88 Å². The summed E-state index contributed by atoms with van der Waals surface area (Å²) in [4.78, 5) is 4.45. The summed E-state index contributed by atoms with van der Waals surface area (Å²) in [6.45, 7) is 6.34. The zero-order valence-corrected chi connectivity index (χ0v) is 12.7. The molecule has 0 unspecified atom stereocenters. The molecule has 2 heterocycles. The Morgan fingerprint density at radius 2 is 2.00 bits per heavy atom. The van der Waals surface area contributed by atoms with Crippen LogP contribution in [-0.4, -0.2) is 30.2 Å². The highest BCUT2D eigenvalue weighted by molar-refractivity contribution is 5.96. The number of benzene rings is 1. The predicted octanol–water partition coefficient (Wildman–Crippen LogP) is 3.19. The first-order valence-electron chi connectivity index (χ1n) is 7.75. The van der Waals surface area contributed by atoms with Gasteiger partial charge in [0.05, 0.1) is 0 Å². The van der Waals surface area contributed by atoms with Crippen molar-refractivity contribution in [1.82, 2.24) is 10.3 Å². The number of anilines is 1. The van der Waals surface area contributed by atoms with E-state index in [4.69, 9.17) is 4.74 Å². The number of ether oxygens (including phenoxy) is 1. The predicted molar refractivity (Wildman–Crippen MR) is 87.0 cm³/mol. The van der Waals surface area contributed by atoms with Crippen molar-refractivity contribution in [3.63, 3.8) is 0 Å². The number of pyridine rings is 1. The van der Waals surface area contributed by atoms with E-state index in [2.05, 4.69) is 53.7 Å². The van der Waals surface area contributed by atoms with Gasteiger partial charge in [0.15, 0.2) is 0 Å². The SMILES string of the molecule is CC(C)Nc1cccc2c(OC3CCNCC3)nccc12. The first-order valence-corrected chi connectivity index (χ1v) is 7.75. The van der Waals surface area contributed by atoms with Gasteiger partial charge in [0.2, 0.25) is 5.88 Å². The summed E-state index contributed by atoms with van der Waals surface area (Å²) < 4.78 is 6.15. The third kappa shape index (κ3) is 3.27. The van der Waals surface area contributed by atoms with Crippen molar-refractivity contribution in [2.45, 2.75) is 38.8 Å². The lowest BCUT2D eigenvalue weighted by atomic mass is 10.1. The molecule has 2 N–H and O–H groups in total. The molecule has 3 rings (SSSR count). The molecule has 4 heteroatoms. The number of hydrogen-bond donors (Lipinski definition) is 2. The normalized spacial score (nSPS) is 16.3. The topological polar surface area (TPSA) is 46.2 Å². The third-order valence-corrected chi connectivity index (χ3v) is 3.78. The lowest BCUT2D eigenvalue weighted by molar-refractivity contribution is 0.158. The van der Waals surface area contributed by atoms with Crippen molar-refractivity contribution in [1.29, 1.82) is 0 Å². The molecule has 0 amide bonds. The van der Waals surface area contributed by atoms with Gasteiger partial charge in [-0.2, -0.15) is 0 Å². The first-order chi connectivity index (χ1) is 10.2. The number of nitrogens with one attached hydrogen (secondary N) is 2. The molecule has 21 heavy (non-hydrogen) atoms. The number of aromatic nitrogens is 1. The van der Waals surface area contributed by atoms with Gasteiger partial charge < -0.3 is 15.4 Å². The molecule has 1 fully saturated rings. The summed E-state index contributed by atoms with van der Waals surface area (Å²) in [6, 6.07) is 8.71. The Hall–Kier alpha value is -1.81. The van der Waals surface area contributed by atoms with E-state index in [1.807, 2.05) is 6.20 Å². The molecule has 1 aromatic heterocycles. The molecule has 0 spiro atoms. The van der Waals surface area contributed by atoms with Crippen LogP contribution in [0.1, 0.15) is 26.7 Å². The van der Waals surface area contributed by atoms with E-state index in [1.165, 1.54) is 5.39 Å². The van der Waals surface area contributed by atoms with Crippen molar-refractivity contribution >= 4 is 16.5 Å². The second-order valence-corrected chi connectivity index (χ2v) is 5.88. The van der Waals surface area contributed by atoms with Crippen molar-refractivity contribution in [3.05, 3.63) is 30.5 Å². The molecule has 0 atom stereocenters. The molecule has 1 aliphatic heterocycles. The van der Waals surface area contributed by atoms with Crippen LogP contribution < -0.4 is 15.4 Å². The van der Waals surface area contributed by atoms with E-state index < -0.39 is 0 Å². The lowest BCUT2D eigenvalue weighted by Gasteiger charge is -2.24. The Kier molecular flexibility index (Phi) is 4.25. The van der Waals surface area contributed by atoms with Crippen molar-refractivity contribution in [3.8, 4) is 5.88 Å². The minimum atomic E-state index is 0.270. The zero-order chi connectivity index (χ0) is 14.7. The van der Waals surface area contributed by atoms with Gasteiger partial charge in [-0.05, 0) is 58.0 Å². The molecule has 2 aromatic rings. The van der Waals surface area contributed by atoms with Crippen LogP contribution in [0.3, 0.4) is 0 Å². The maximum absolute atomic E-state index is 6.15. The molecular weight excluding hydrogens is 262 g/mol. The second kappa shape index (κ2) is 6.31. The summed E-state index contributed by atoms with van der Waals surface area (Å²) in [7, 11) is 0. The second-order valence-electron chi connectivity index (χ2n) is 5.88. The van der Waals surface area contributed by atoms with Crippen LogP contribution in [0.2, 0.25) is 0 Å². The van der Waals surface area contributed by atoms with Gasteiger partial charge in [-0.3, -0.25) is 0 Å². The minimum Gasteiger partial charge on any atom is -0.474 e. The van der Waals surface area contributed by atoms with E-state index in [-0.39, 0.29) is 6.10 Å². The Balaban J connectivity index is 1.92. The summed E-state index contributed by atoms with van der Waals surface area (Å²) in [5.74, 6) is 0.756. The number of piperidine rings is 1. The minimum absolute atomic E-state index is 0.270. The average Bonchev–Trinajstić information content (AvgIpc) is 2.49. The highest BCUT2D eigenvalue weighted by Crippen LogP contribution is 2.30. The largest absolute Gasteiger partial charge is 0.474 e. The van der Waals surface area contributed by atoms with E-state index >= 15 is 0 Å². The summed E-state index contributed by atoms with van der Waals surface area (Å²) in [6.07, 6.45) is 4.19. The fraction of sp³-hybridized carbons (Fsp3) is 0.471. The number of fused-ring (bicyclic) bond motifs is 1. The maximum atomic E-state index is 6.15. The smallest absolute Gasteiger partial charge is 0.221 e. The molecule has 4 nitrogen and oxygen atoms in total. The molecule has 0 saturated carbocycles. The molecule has 1 saturated heterocycles. The highest BCUT2D eigenvalue weighted by atomic mass is 16.5. The van der Waals surface area contributed by atoms with Gasteiger partial charge in [0.25, 0.3) is 0 Å². The molecular formula is C17H23N3O. The quantitative estimate of drug-likeness (QED) is 0.905. The molecule has 112 valence electrons. The van der Waals surface area contributed by atoms with E-state index in [1.54, 1.807) is 0 Å². The Bertz CT molecular complexity index is 606. The van der Waals surface area contributed by atoms with Gasteiger partial charge in [-0.15, -0.1) is 0 Å². The summed E-state index contributed by atoms with van der Waals surface area (Å²) in [5, 5.41) is 9.10. The lowest BCUT2D eigenvalue weighted by Crippen LogP contribution is -2.34. The van der Waals surface area contributed by atoms with Crippen LogP contribution in [-0.2, 0) is 0 Å². The summed E-state index contributed by atoms with van der Waals surface area (Å²) >= 11 is 0. The standard InChI is InChI=1S/C17H23N3O/c1-12(2)20-16-5-3-4-15-14(16)8-11-19-17(15)21-13-6-9-18-10-7-13/h3-5,8,11-13,18,20H,6-7,9-10H2,1-2H3. The third-order valence-electron chi connectivity index (χ3n) is 3.78. The van der Waals surface area contributed by atoms with Crippen molar-refractivity contribution in [2.24, 2.45) is 0 Å². The first kappa shape index (κ1) is 14.1. The Labute approximate surface area is 125 Å². The van der Waals surface area contributed by atoms with Gasteiger partial charge in [-0.1, -0.05) is 6.07 Å². The van der Waals surface area contributed by atoms with Crippen LogP contribution >= 0.6 is 0 Å². The van der Waals surface area contributed by atoms with Gasteiger partial charge in [0.1, 0.15) is 6.10 Å². The van der Waals surface area contributed by atoms with Gasteiger partial charge in [0, 0.05) is 28.7 Å². The highest BCUT2D eigenvalue weighted by Gasteiger charge is 2.17. The number of nitrogens with zero attached hydrogens (tertiary/aromatic N) is 1. The van der Waals surface area contributed by atoms with E-state index in [9.17, 15) is 0 Å². The number of hydrogen-bond acceptors (Lipinski definition) is 4. The zero-order valence-electron chi connectivity index (χ0n) is 12.7. The van der Waals surface area contributed by atoms with E-state index in [0.29, 0.717) is 6.04 Å². The molecule has 0 bridgehead atoms. The van der Waals surface area contributed by atoms with Crippen molar-refractivity contribution < 1.29 is 4.74 Å². The molecule has 0 aliphatic carbocycles. The van der Waals surface area contributed by atoms with Gasteiger partial charge >= 0.3 is 0 Å². The molecule has 1 aliphatic rings. The number of rotatable bonds is 4.